The van der Waals surface area contributed by atoms with Crippen molar-refractivity contribution in [3.8, 4) is 0 Å². The van der Waals surface area contributed by atoms with E-state index >= 15 is 0 Å². The number of primary sulfonamides is 1. The number of sulfonamides is 2. The van der Waals surface area contributed by atoms with Gasteiger partial charge in [-0.2, -0.15) is 8.42 Å². The third kappa shape index (κ3) is 2.65. The molecule has 11 heteroatoms. The zero-order valence-corrected chi connectivity index (χ0v) is 12.4. The topological polar surface area (TPSA) is 139 Å². The van der Waals surface area contributed by atoms with Crippen molar-refractivity contribution in [1.29, 1.82) is 0 Å². The van der Waals surface area contributed by atoms with Gasteiger partial charge in [0.05, 0.1) is 10.7 Å². The van der Waals surface area contributed by atoms with E-state index < -0.39 is 31.0 Å². The van der Waals surface area contributed by atoms with Crippen LogP contribution in [-0.4, -0.2) is 33.9 Å². The van der Waals surface area contributed by atoms with Crippen LogP contribution in [0.5, 0.6) is 0 Å². The lowest BCUT2D eigenvalue weighted by atomic mass is 10.3. The van der Waals surface area contributed by atoms with Crippen molar-refractivity contribution in [2.45, 2.75) is 22.8 Å². The first-order chi connectivity index (χ1) is 9.02. The maximum absolute atomic E-state index is 12.0. The van der Waals surface area contributed by atoms with E-state index in [4.69, 9.17) is 16.7 Å². The Balaban J connectivity index is 2.74. The number of aliphatic hydroxyl groups excluding tert-OH is 1. The van der Waals surface area contributed by atoms with Crippen LogP contribution in [0.1, 0.15) is 6.92 Å². The van der Waals surface area contributed by atoms with E-state index in [2.05, 4.69) is 9.71 Å². The number of rotatable bonds is 2. The molecule has 0 bridgehead atoms. The standard InChI is InChI=1S/C9H10ClN3O5S2/c1-4(14)9-12-6-2-5(10)7(19(11,15)16)3-8(6)20(17,18)13-9/h2-4,14H,1H3,(H,12,13)(H2,11,15,16). The maximum atomic E-state index is 12.0. The summed E-state index contributed by atoms with van der Waals surface area (Å²) in [6, 6.07) is 1.93. The van der Waals surface area contributed by atoms with Crippen LogP contribution in [0.25, 0.3) is 0 Å². The summed E-state index contributed by atoms with van der Waals surface area (Å²) in [6.45, 7) is 1.33. The van der Waals surface area contributed by atoms with Gasteiger partial charge in [-0.1, -0.05) is 11.6 Å². The molecule has 1 unspecified atom stereocenters. The first kappa shape index (κ1) is 15.2. The fraction of sp³-hybridized carbons (Fsp3) is 0.222. The number of halogens is 1. The minimum atomic E-state index is -4.17. The van der Waals surface area contributed by atoms with E-state index in [0.717, 1.165) is 12.1 Å². The minimum absolute atomic E-state index is 0.0216. The molecular weight excluding hydrogens is 330 g/mol. The molecule has 4 N–H and O–H groups in total. The molecule has 1 aromatic rings. The van der Waals surface area contributed by atoms with Crippen LogP contribution in [0.3, 0.4) is 0 Å². The summed E-state index contributed by atoms with van der Waals surface area (Å²) in [4.78, 5) is -0.894. The maximum Gasteiger partial charge on any atom is 0.286 e. The van der Waals surface area contributed by atoms with E-state index in [0.29, 0.717) is 0 Å². The Hall–Kier alpha value is -1.20. The van der Waals surface area contributed by atoms with Gasteiger partial charge in [0.15, 0.2) is 0 Å². The first-order valence-electron chi connectivity index (χ1n) is 5.18. The highest BCUT2D eigenvalue weighted by Gasteiger charge is 2.29. The molecular formula is C9H10ClN3O5S2. The highest BCUT2D eigenvalue weighted by Crippen LogP contribution is 2.34. The summed E-state index contributed by atoms with van der Waals surface area (Å²) >= 11 is 5.77. The molecule has 0 radical (unpaired) electrons. The number of benzene rings is 1. The molecule has 0 aromatic heterocycles. The smallest absolute Gasteiger partial charge is 0.286 e. The number of fused-ring (bicyclic) bond motifs is 1. The van der Waals surface area contributed by atoms with Crippen LogP contribution >= 0.6 is 11.6 Å². The number of hydrogen-bond donors (Lipinski definition) is 3. The molecule has 110 valence electrons. The van der Waals surface area contributed by atoms with Crippen LogP contribution in [0.4, 0.5) is 5.69 Å². The zero-order valence-electron chi connectivity index (χ0n) is 10.0. The highest BCUT2D eigenvalue weighted by atomic mass is 35.5. The predicted molar refractivity (Wildman–Crippen MR) is 72.7 cm³/mol. The Labute approximate surface area is 120 Å². The highest BCUT2D eigenvalue weighted by molar-refractivity contribution is 7.91. The second kappa shape index (κ2) is 4.67. The second-order valence-corrected chi connectivity index (χ2v) is 7.59. The van der Waals surface area contributed by atoms with E-state index in [9.17, 15) is 21.9 Å². The van der Waals surface area contributed by atoms with Crippen LogP contribution in [0.2, 0.25) is 5.02 Å². The van der Waals surface area contributed by atoms with Crippen LogP contribution in [0, 0.1) is 0 Å². The van der Waals surface area contributed by atoms with Crippen molar-refractivity contribution >= 4 is 43.2 Å². The Morgan fingerprint density at radius 2 is 2.05 bits per heavy atom. The third-order valence-electron chi connectivity index (χ3n) is 2.50. The molecule has 1 heterocycles. The summed E-state index contributed by atoms with van der Waals surface area (Å²) in [5.74, 6) is -0.183. The molecule has 0 aliphatic carbocycles. The predicted octanol–water partition coefficient (Wildman–Crippen LogP) is -0.119. The van der Waals surface area contributed by atoms with Crippen LogP contribution in [0.15, 0.2) is 26.3 Å². The summed E-state index contributed by atoms with van der Waals surface area (Å²) in [6.07, 6.45) is -1.14. The average Bonchev–Trinajstić information content (AvgIpc) is 2.24. The average molecular weight is 340 g/mol. The normalized spacial score (nSPS) is 18.7. The van der Waals surface area contributed by atoms with Crippen molar-refractivity contribution in [2.75, 3.05) is 5.32 Å². The lowest BCUT2D eigenvalue weighted by Gasteiger charge is -2.20. The molecule has 0 spiro atoms. The zero-order chi connectivity index (χ0) is 15.3. The molecule has 1 aliphatic heterocycles. The molecule has 1 aliphatic rings. The van der Waals surface area contributed by atoms with Gasteiger partial charge in [0.25, 0.3) is 10.0 Å². The van der Waals surface area contributed by atoms with Crippen molar-refractivity contribution in [3.05, 3.63) is 17.2 Å². The number of hydrogen-bond acceptors (Lipinski definition) is 6. The molecule has 20 heavy (non-hydrogen) atoms. The number of amidine groups is 1. The van der Waals surface area contributed by atoms with Gasteiger partial charge in [0.1, 0.15) is 21.7 Å². The van der Waals surface area contributed by atoms with Gasteiger partial charge in [-0.15, -0.1) is 4.40 Å². The molecule has 0 amide bonds. The van der Waals surface area contributed by atoms with Crippen LogP contribution < -0.4 is 10.5 Å². The Morgan fingerprint density at radius 3 is 2.55 bits per heavy atom. The summed E-state index contributed by atoms with van der Waals surface area (Å²) in [7, 11) is -8.32. The molecule has 0 fully saturated rings. The first-order valence-corrected chi connectivity index (χ1v) is 8.55. The van der Waals surface area contributed by atoms with Crippen molar-refractivity contribution < 1.29 is 21.9 Å². The van der Waals surface area contributed by atoms with Gasteiger partial charge in [0, 0.05) is 0 Å². The fourth-order valence-electron chi connectivity index (χ4n) is 1.58. The van der Waals surface area contributed by atoms with E-state index in [-0.39, 0.29) is 21.4 Å². The summed E-state index contributed by atoms with van der Waals surface area (Å²) in [5, 5.41) is 16.7. The van der Waals surface area contributed by atoms with Gasteiger partial charge >= 0.3 is 0 Å². The van der Waals surface area contributed by atoms with Gasteiger partial charge in [0.2, 0.25) is 10.0 Å². The molecule has 2 rings (SSSR count). The molecule has 8 nitrogen and oxygen atoms in total. The molecule has 1 atom stereocenters. The molecule has 1 aromatic carbocycles. The third-order valence-corrected chi connectivity index (χ3v) is 5.20. The number of nitrogens with two attached hydrogens (primary N) is 1. The number of aliphatic hydroxyl groups is 1. The van der Waals surface area contributed by atoms with Crippen molar-refractivity contribution in [3.63, 3.8) is 0 Å². The van der Waals surface area contributed by atoms with Gasteiger partial charge in [-0.3, -0.25) is 0 Å². The molecule has 0 saturated heterocycles. The monoisotopic (exact) mass is 339 g/mol. The number of anilines is 1. The fourth-order valence-corrected chi connectivity index (χ4v) is 3.97. The summed E-state index contributed by atoms with van der Waals surface area (Å²) in [5.41, 5.74) is 0.0216. The number of nitrogens with one attached hydrogen (secondary N) is 1. The Morgan fingerprint density at radius 1 is 1.45 bits per heavy atom. The van der Waals surface area contributed by atoms with E-state index in [1.54, 1.807) is 0 Å². The van der Waals surface area contributed by atoms with Crippen LogP contribution in [-0.2, 0) is 20.0 Å². The minimum Gasteiger partial charge on any atom is -0.385 e. The van der Waals surface area contributed by atoms with Gasteiger partial charge < -0.3 is 10.4 Å². The number of nitrogens with zero attached hydrogens (tertiary/aromatic N) is 1. The van der Waals surface area contributed by atoms with Gasteiger partial charge in [-0.25, -0.2) is 13.6 Å². The quantitative estimate of drug-likeness (QED) is 0.686. The largest absolute Gasteiger partial charge is 0.385 e. The lowest BCUT2D eigenvalue weighted by molar-refractivity contribution is 0.262. The Kier molecular flexibility index (Phi) is 3.55. The SMILES string of the molecule is CC(O)C1=NS(=O)(=O)c2cc(S(N)(=O)=O)c(Cl)cc2N1. The van der Waals surface area contributed by atoms with E-state index in [1.165, 1.54) is 6.92 Å². The van der Waals surface area contributed by atoms with Gasteiger partial charge in [-0.05, 0) is 19.1 Å². The lowest BCUT2D eigenvalue weighted by Crippen LogP contribution is -2.30. The Bertz CT molecular complexity index is 814. The molecule has 0 saturated carbocycles. The second-order valence-electron chi connectivity index (χ2n) is 4.08. The van der Waals surface area contributed by atoms with Crippen molar-refractivity contribution in [2.24, 2.45) is 9.54 Å². The summed E-state index contributed by atoms with van der Waals surface area (Å²) < 4.78 is 49.9. The van der Waals surface area contributed by atoms with E-state index in [1.807, 2.05) is 0 Å². The van der Waals surface area contributed by atoms with Crippen molar-refractivity contribution in [1.82, 2.24) is 0 Å².